The molecule has 0 aliphatic carbocycles. The molecule has 0 radical (unpaired) electrons. The normalized spacial score (nSPS) is 12.3. The summed E-state index contributed by atoms with van der Waals surface area (Å²) >= 11 is 0. The third kappa shape index (κ3) is 4.04. The Balaban J connectivity index is 2.13. The molecule has 0 unspecified atom stereocenters. The van der Waals surface area contributed by atoms with E-state index >= 15 is 0 Å². The highest BCUT2D eigenvalue weighted by Crippen LogP contribution is 2.18. The monoisotopic (exact) mass is 311 g/mol. The van der Waals surface area contributed by atoms with Crippen LogP contribution in [0.5, 0.6) is 0 Å². The van der Waals surface area contributed by atoms with Crippen molar-refractivity contribution in [3.05, 3.63) is 69.5 Å². The zero-order chi connectivity index (χ0) is 16.8. The number of hydrogen-bond donors (Lipinski definition) is 1. The van der Waals surface area contributed by atoms with Gasteiger partial charge in [-0.25, -0.2) is 0 Å². The van der Waals surface area contributed by atoms with Gasteiger partial charge in [0, 0.05) is 6.08 Å². The van der Waals surface area contributed by atoms with Crippen LogP contribution in [0, 0.1) is 21.4 Å². The minimum absolute atomic E-state index is 0.0655. The molecular weight excluding hydrogens is 298 g/mol. The Kier molecular flexibility index (Phi) is 4.89. The topological polar surface area (TPSA) is 109 Å². The summed E-state index contributed by atoms with van der Waals surface area (Å²) < 4.78 is 4.91. The van der Waals surface area contributed by atoms with Gasteiger partial charge in [-0.05, 0) is 18.6 Å². The molecule has 0 spiro atoms. The number of benzene rings is 1. The van der Waals surface area contributed by atoms with Gasteiger partial charge in [0.2, 0.25) is 0 Å². The van der Waals surface area contributed by atoms with Gasteiger partial charge in [-0.2, -0.15) is 5.26 Å². The van der Waals surface area contributed by atoms with E-state index in [1.807, 2.05) is 30.3 Å². The predicted molar refractivity (Wildman–Crippen MR) is 82.0 cm³/mol. The van der Waals surface area contributed by atoms with E-state index in [0.29, 0.717) is 0 Å². The first-order valence-corrected chi connectivity index (χ1v) is 6.73. The zero-order valence-corrected chi connectivity index (χ0v) is 12.2. The second-order valence-electron chi connectivity index (χ2n) is 4.71. The van der Waals surface area contributed by atoms with Gasteiger partial charge < -0.3 is 9.73 Å². The number of nitrogens with one attached hydrogen (secondary N) is 1. The number of carbonyl (C=O) groups excluding carboxylic acids is 1. The molecule has 0 saturated carbocycles. The average Bonchev–Trinajstić information content (AvgIpc) is 3.02. The van der Waals surface area contributed by atoms with Crippen LogP contribution in [0.1, 0.15) is 24.3 Å². The molecule has 0 aliphatic heterocycles. The van der Waals surface area contributed by atoms with Crippen LogP contribution in [-0.4, -0.2) is 10.8 Å². The van der Waals surface area contributed by atoms with Gasteiger partial charge in [0.15, 0.2) is 0 Å². The molecule has 1 N–H and O–H groups in total. The van der Waals surface area contributed by atoms with E-state index in [1.54, 1.807) is 13.0 Å². The number of furan rings is 1. The SMILES string of the molecule is C[C@H](NC(=O)/C(C#N)=C\c1ccc([N+](=O)[O-])o1)c1ccccc1. The predicted octanol–water partition coefficient (Wildman–Crippen LogP) is 2.97. The van der Waals surface area contributed by atoms with E-state index in [4.69, 9.17) is 9.68 Å². The molecular formula is C16H13N3O4. The van der Waals surface area contributed by atoms with Gasteiger partial charge in [-0.15, -0.1) is 0 Å². The highest BCUT2D eigenvalue weighted by Gasteiger charge is 2.16. The highest BCUT2D eigenvalue weighted by molar-refractivity contribution is 6.01. The van der Waals surface area contributed by atoms with E-state index in [0.717, 1.165) is 11.6 Å². The number of carbonyl (C=O) groups is 1. The van der Waals surface area contributed by atoms with Crippen molar-refractivity contribution in [2.75, 3.05) is 0 Å². The van der Waals surface area contributed by atoms with Crippen molar-refractivity contribution in [3.63, 3.8) is 0 Å². The Morgan fingerprint density at radius 3 is 2.61 bits per heavy atom. The molecule has 1 amide bonds. The van der Waals surface area contributed by atoms with Crippen LogP contribution in [0.25, 0.3) is 6.08 Å². The van der Waals surface area contributed by atoms with Crippen molar-refractivity contribution in [2.24, 2.45) is 0 Å². The van der Waals surface area contributed by atoms with Crippen molar-refractivity contribution in [3.8, 4) is 6.07 Å². The molecule has 0 fully saturated rings. The molecule has 1 aromatic carbocycles. The van der Waals surface area contributed by atoms with Crippen LogP contribution in [-0.2, 0) is 4.79 Å². The van der Waals surface area contributed by atoms with Gasteiger partial charge in [0.05, 0.1) is 12.1 Å². The smallest absolute Gasteiger partial charge is 0.401 e. The second-order valence-corrected chi connectivity index (χ2v) is 4.71. The van der Waals surface area contributed by atoms with Crippen LogP contribution >= 0.6 is 0 Å². The number of amides is 1. The Morgan fingerprint density at radius 1 is 1.35 bits per heavy atom. The van der Waals surface area contributed by atoms with Crippen LogP contribution in [0.3, 0.4) is 0 Å². The number of nitro groups is 1. The van der Waals surface area contributed by atoms with E-state index < -0.39 is 16.7 Å². The van der Waals surface area contributed by atoms with Crippen molar-refractivity contribution >= 4 is 17.9 Å². The molecule has 7 heteroatoms. The Hall–Kier alpha value is -3.40. The maximum Gasteiger partial charge on any atom is 0.433 e. The lowest BCUT2D eigenvalue weighted by Crippen LogP contribution is -2.27. The summed E-state index contributed by atoms with van der Waals surface area (Å²) in [4.78, 5) is 22.0. The molecule has 2 aromatic rings. The Morgan fingerprint density at radius 2 is 2.04 bits per heavy atom. The maximum atomic E-state index is 12.1. The first-order valence-electron chi connectivity index (χ1n) is 6.73. The highest BCUT2D eigenvalue weighted by atomic mass is 16.6. The minimum Gasteiger partial charge on any atom is -0.401 e. The maximum absolute atomic E-state index is 12.1. The van der Waals surface area contributed by atoms with E-state index in [-0.39, 0.29) is 17.4 Å². The fourth-order valence-corrected chi connectivity index (χ4v) is 1.91. The summed E-state index contributed by atoms with van der Waals surface area (Å²) in [6.07, 6.45) is 1.17. The third-order valence-electron chi connectivity index (χ3n) is 3.09. The van der Waals surface area contributed by atoms with Gasteiger partial charge in [-0.1, -0.05) is 30.3 Å². The molecule has 23 heavy (non-hydrogen) atoms. The molecule has 0 aliphatic rings. The van der Waals surface area contributed by atoms with Crippen molar-refractivity contribution in [1.29, 1.82) is 5.26 Å². The largest absolute Gasteiger partial charge is 0.433 e. The van der Waals surface area contributed by atoms with Crippen molar-refractivity contribution in [2.45, 2.75) is 13.0 Å². The third-order valence-corrected chi connectivity index (χ3v) is 3.09. The van der Waals surface area contributed by atoms with Crippen LogP contribution in [0.2, 0.25) is 0 Å². The lowest BCUT2D eigenvalue weighted by atomic mass is 10.1. The number of nitrogens with zero attached hydrogens (tertiary/aromatic N) is 2. The number of rotatable bonds is 5. The minimum atomic E-state index is -0.694. The van der Waals surface area contributed by atoms with Crippen LogP contribution in [0.4, 0.5) is 5.88 Å². The molecule has 1 aromatic heterocycles. The summed E-state index contributed by atoms with van der Waals surface area (Å²) in [5.74, 6) is -0.967. The van der Waals surface area contributed by atoms with E-state index in [1.165, 1.54) is 12.1 Å². The standard InChI is InChI=1S/C16H13N3O4/c1-11(12-5-3-2-4-6-12)18-16(20)13(10-17)9-14-7-8-15(23-14)19(21)22/h2-9,11H,1H3,(H,18,20)/b13-9-/t11-/m0/s1. The molecule has 0 saturated heterocycles. The van der Waals surface area contributed by atoms with Gasteiger partial charge in [0.1, 0.15) is 22.3 Å². The molecule has 1 heterocycles. The van der Waals surface area contributed by atoms with Crippen molar-refractivity contribution in [1.82, 2.24) is 5.32 Å². The lowest BCUT2D eigenvalue weighted by molar-refractivity contribution is -0.402. The first kappa shape index (κ1) is 16.0. The van der Waals surface area contributed by atoms with Crippen LogP contribution in [0.15, 0.2) is 52.5 Å². The van der Waals surface area contributed by atoms with Gasteiger partial charge in [-0.3, -0.25) is 14.9 Å². The fraction of sp³-hybridized carbons (Fsp3) is 0.125. The number of nitriles is 1. The summed E-state index contributed by atoms with van der Waals surface area (Å²) in [6.45, 7) is 1.79. The molecule has 0 bridgehead atoms. The summed E-state index contributed by atoms with van der Waals surface area (Å²) in [5.41, 5.74) is 0.698. The molecule has 7 nitrogen and oxygen atoms in total. The first-order chi connectivity index (χ1) is 11.0. The Bertz CT molecular complexity index is 787. The van der Waals surface area contributed by atoms with E-state index in [9.17, 15) is 14.9 Å². The van der Waals surface area contributed by atoms with Gasteiger partial charge >= 0.3 is 5.88 Å². The lowest BCUT2D eigenvalue weighted by Gasteiger charge is -2.13. The van der Waals surface area contributed by atoms with E-state index in [2.05, 4.69) is 5.32 Å². The number of hydrogen-bond acceptors (Lipinski definition) is 5. The second kappa shape index (κ2) is 7.04. The quantitative estimate of drug-likeness (QED) is 0.395. The molecule has 116 valence electrons. The summed E-state index contributed by atoms with van der Waals surface area (Å²) in [5, 5.41) is 22.3. The van der Waals surface area contributed by atoms with Gasteiger partial charge in [0.25, 0.3) is 5.91 Å². The van der Waals surface area contributed by atoms with Crippen LogP contribution < -0.4 is 5.32 Å². The molecule has 1 atom stereocenters. The zero-order valence-electron chi connectivity index (χ0n) is 12.2. The molecule has 2 rings (SSSR count). The Labute approximate surface area is 132 Å². The average molecular weight is 311 g/mol. The summed E-state index contributed by atoms with van der Waals surface area (Å²) in [6, 6.07) is 13.2. The van der Waals surface area contributed by atoms with Crippen molar-refractivity contribution < 1.29 is 14.1 Å². The summed E-state index contributed by atoms with van der Waals surface area (Å²) in [7, 11) is 0. The fourth-order valence-electron chi connectivity index (χ4n) is 1.91.